The van der Waals surface area contributed by atoms with Crippen LogP contribution in [0.1, 0.15) is 33.5 Å². The van der Waals surface area contributed by atoms with Crippen molar-refractivity contribution in [1.82, 2.24) is 10.3 Å². The SMILES string of the molecule is CCNc1cc(C)ccc1C(=O)NCc1csc(C)n1. The molecule has 0 saturated heterocycles. The minimum absolute atomic E-state index is 0.0772. The van der Waals surface area contributed by atoms with E-state index >= 15 is 0 Å². The molecule has 1 heterocycles. The van der Waals surface area contributed by atoms with E-state index in [0.717, 1.165) is 28.5 Å². The van der Waals surface area contributed by atoms with Crippen LogP contribution in [0.4, 0.5) is 5.69 Å². The van der Waals surface area contributed by atoms with Gasteiger partial charge in [-0.1, -0.05) is 6.07 Å². The van der Waals surface area contributed by atoms with Gasteiger partial charge in [0.25, 0.3) is 5.91 Å². The highest BCUT2D eigenvalue weighted by atomic mass is 32.1. The summed E-state index contributed by atoms with van der Waals surface area (Å²) in [5, 5.41) is 9.12. The Morgan fingerprint density at radius 3 is 2.80 bits per heavy atom. The van der Waals surface area contributed by atoms with Gasteiger partial charge in [-0.05, 0) is 38.5 Å². The third kappa shape index (κ3) is 3.57. The van der Waals surface area contributed by atoms with Crippen molar-refractivity contribution in [3.63, 3.8) is 0 Å². The van der Waals surface area contributed by atoms with Gasteiger partial charge in [-0.25, -0.2) is 4.98 Å². The highest BCUT2D eigenvalue weighted by Crippen LogP contribution is 2.17. The maximum Gasteiger partial charge on any atom is 0.253 e. The van der Waals surface area contributed by atoms with E-state index in [-0.39, 0.29) is 5.91 Å². The summed E-state index contributed by atoms with van der Waals surface area (Å²) in [6.07, 6.45) is 0. The minimum atomic E-state index is -0.0772. The molecule has 2 N–H and O–H groups in total. The monoisotopic (exact) mass is 289 g/mol. The lowest BCUT2D eigenvalue weighted by atomic mass is 10.1. The molecule has 0 saturated carbocycles. The number of aromatic nitrogens is 1. The quantitative estimate of drug-likeness (QED) is 0.889. The number of anilines is 1. The molecule has 2 aromatic rings. The van der Waals surface area contributed by atoms with E-state index in [1.165, 1.54) is 0 Å². The highest BCUT2D eigenvalue weighted by Gasteiger charge is 2.11. The normalized spacial score (nSPS) is 10.3. The molecule has 20 heavy (non-hydrogen) atoms. The number of amides is 1. The zero-order chi connectivity index (χ0) is 14.5. The number of rotatable bonds is 5. The Labute approximate surface area is 123 Å². The molecule has 1 aromatic carbocycles. The van der Waals surface area contributed by atoms with Crippen LogP contribution in [-0.2, 0) is 6.54 Å². The molecular weight excluding hydrogens is 270 g/mol. The Bertz CT molecular complexity index is 607. The molecule has 1 aromatic heterocycles. The van der Waals surface area contributed by atoms with Crippen LogP contribution in [-0.4, -0.2) is 17.4 Å². The smallest absolute Gasteiger partial charge is 0.253 e. The Morgan fingerprint density at radius 1 is 1.35 bits per heavy atom. The molecule has 1 amide bonds. The van der Waals surface area contributed by atoms with Crippen LogP contribution in [0.3, 0.4) is 0 Å². The van der Waals surface area contributed by atoms with Gasteiger partial charge in [-0.3, -0.25) is 4.79 Å². The maximum absolute atomic E-state index is 12.3. The summed E-state index contributed by atoms with van der Waals surface area (Å²) in [4.78, 5) is 16.6. The van der Waals surface area contributed by atoms with Crippen molar-refractivity contribution in [2.75, 3.05) is 11.9 Å². The zero-order valence-electron chi connectivity index (χ0n) is 12.0. The van der Waals surface area contributed by atoms with Gasteiger partial charge in [0.15, 0.2) is 0 Å². The highest BCUT2D eigenvalue weighted by molar-refractivity contribution is 7.09. The fraction of sp³-hybridized carbons (Fsp3) is 0.333. The Kier molecular flexibility index (Phi) is 4.74. The number of hydrogen-bond donors (Lipinski definition) is 2. The van der Waals surface area contributed by atoms with Crippen molar-refractivity contribution in [3.8, 4) is 0 Å². The lowest BCUT2D eigenvalue weighted by Gasteiger charge is -2.11. The summed E-state index contributed by atoms with van der Waals surface area (Å²) in [6.45, 7) is 7.24. The standard InChI is InChI=1S/C15H19N3OS/c1-4-16-14-7-10(2)5-6-13(14)15(19)17-8-12-9-20-11(3)18-12/h5-7,9,16H,4,8H2,1-3H3,(H,17,19). The summed E-state index contributed by atoms with van der Waals surface area (Å²) < 4.78 is 0. The number of benzene rings is 1. The molecule has 0 spiro atoms. The molecule has 0 aliphatic carbocycles. The minimum Gasteiger partial charge on any atom is -0.385 e. The predicted octanol–water partition coefficient (Wildman–Crippen LogP) is 3.12. The van der Waals surface area contributed by atoms with E-state index in [0.29, 0.717) is 12.1 Å². The summed E-state index contributed by atoms with van der Waals surface area (Å²) >= 11 is 1.59. The number of hydrogen-bond acceptors (Lipinski definition) is 4. The van der Waals surface area contributed by atoms with E-state index in [1.54, 1.807) is 11.3 Å². The number of nitrogens with zero attached hydrogens (tertiary/aromatic N) is 1. The molecule has 0 aliphatic heterocycles. The molecule has 0 fully saturated rings. The zero-order valence-corrected chi connectivity index (χ0v) is 12.8. The number of nitrogens with one attached hydrogen (secondary N) is 2. The van der Waals surface area contributed by atoms with Crippen molar-refractivity contribution < 1.29 is 4.79 Å². The number of carbonyl (C=O) groups is 1. The first-order chi connectivity index (χ1) is 9.60. The van der Waals surface area contributed by atoms with Crippen molar-refractivity contribution in [2.45, 2.75) is 27.3 Å². The van der Waals surface area contributed by atoms with Gasteiger partial charge in [0.05, 0.1) is 22.8 Å². The van der Waals surface area contributed by atoms with Gasteiger partial charge in [0.1, 0.15) is 0 Å². The van der Waals surface area contributed by atoms with Crippen LogP contribution in [0.25, 0.3) is 0 Å². The summed E-state index contributed by atoms with van der Waals surface area (Å²) in [5.41, 5.74) is 3.58. The van der Waals surface area contributed by atoms with Crippen molar-refractivity contribution in [3.05, 3.63) is 45.4 Å². The van der Waals surface area contributed by atoms with E-state index in [2.05, 4.69) is 15.6 Å². The molecule has 5 heteroatoms. The molecule has 0 bridgehead atoms. The molecule has 4 nitrogen and oxygen atoms in total. The maximum atomic E-state index is 12.3. The second-order valence-electron chi connectivity index (χ2n) is 4.62. The first kappa shape index (κ1) is 14.5. The molecule has 106 valence electrons. The van der Waals surface area contributed by atoms with Crippen molar-refractivity contribution >= 4 is 22.9 Å². The average Bonchev–Trinajstić information content (AvgIpc) is 2.82. The molecular formula is C15H19N3OS. The molecule has 0 atom stereocenters. The molecule has 2 rings (SSSR count). The second-order valence-corrected chi connectivity index (χ2v) is 5.68. The van der Waals surface area contributed by atoms with E-state index in [9.17, 15) is 4.79 Å². The molecule has 0 radical (unpaired) electrons. The third-order valence-corrected chi connectivity index (χ3v) is 3.71. The molecule has 0 aliphatic rings. The Hall–Kier alpha value is -1.88. The fourth-order valence-electron chi connectivity index (χ4n) is 1.95. The van der Waals surface area contributed by atoms with Crippen LogP contribution >= 0.6 is 11.3 Å². The van der Waals surface area contributed by atoms with Crippen LogP contribution in [0.15, 0.2) is 23.6 Å². The van der Waals surface area contributed by atoms with Crippen molar-refractivity contribution in [2.24, 2.45) is 0 Å². The van der Waals surface area contributed by atoms with E-state index < -0.39 is 0 Å². The third-order valence-electron chi connectivity index (χ3n) is 2.88. The van der Waals surface area contributed by atoms with Crippen molar-refractivity contribution in [1.29, 1.82) is 0 Å². The van der Waals surface area contributed by atoms with Crippen LogP contribution < -0.4 is 10.6 Å². The summed E-state index contributed by atoms with van der Waals surface area (Å²) in [5.74, 6) is -0.0772. The van der Waals surface area contributed by atoms with Gasteiger partial charge >= 0.3 is 0 Å². The number of carbonyl (C=O) groups excluding carboxylic acids is 1. The average molecular weight is 289 g/mol. The Morgan fingerprint density at radius 2 is 2.15 bits per heavy atom. The topological polar surface area (TPSA) is 54.0 Å². The van der Waals surface area contributed by atoms with E-state index in [4.69, 9.17) is 0 Å². The van der Waals surface area contributed by atoms with Crippen LogP contribution in [0.5, 0.6) is 0 Å². The molecule has 0 unspecified atom stereocenters. The lowest BCUT2D eigenvalue weighted by Crippen LogP contribution is -2.24. The fourth-order valence-corrected chi connectivity index (χ4v) is 2.56. The first-order valence-electron chi connectivity index (χ1n) is 6.64. The Balaban J connectivity index is 2.08. The summed E-state index contributed by atoms with van der Waals surface area (Å²) in [6, 6.07) is 5.79. The second kappa shape index (κ2) is 6.52. The lowest BCUT2D eigenvalue weighted by molar-refractivity contribution is 0.0951. The first-order valence-corrected chi connectivity index (χ1v) is 7.52. The van der Waals surface area contributed by atoms with Gasteiger partial charge in [0, 0.05) is 17.6 Å². The van der Waals surface area contributed by atoms with Gasteiger partial charge in [-0.2, -0.15) is 0 Å². The van der Waals surface area contributed by atoms with E-state index in [1.807, 2.05) is 44.4 Å². The largest absolute Gasteiger partial charge is 0.385 e. The van der Waals surface area contributed by atoms with Gasteiger partial charge < -0.3 is 10.6 Å². The number of aryl methyl sites for hydroxylation is 2. The van der Waals surface area contributed by atoms with Crippen LogP contribution in [0, 0.1) is 13.8 Å². The number of thiazole rings is 1. The van der Waals surface area contributed by atoms with Gasteiger partial charge in [0.2, 0.25) is 0 Å². The predicted molar refractivity (Wildman–Crippen MR) is 83.4 cm³/mol. The van der Waals surface area contributed by atoms with Gasteiger partial charge in [-0.15, -0.1) is 11.3 Å². The summed E-state index contributed by atoms with van der Waals surface area (Å²) in [7, 11) is 0. The van der Waals surface area contributed by atoms with Crippen LogP contribution in [0.2, 0.25) is 0 Å².